The molecule has 2 heteroatoms. The highest BCUT2D eigenvalue weighted by atomic mass is 16.5. The highest BCUT2D eigenvalue weighted by molar-refractivity contribution is 5.50. The second kappa shape index (κ2) is 8.81. The molecule has 0 radical (unpaired) electrons. The second-order valence-electron chi connectivity index (χ2n) is 6.57. The molecular formula is C21H30O2. The molecule has 0 aromatic heterocycles. The van der Waals surface area contributed by atoms with Crippen LogP contribution in [0, 0.1) is 0 Å². The molecule has 0 bridgehead atoms. The molecule has 23 heavy (non-hydrogen) atoms. The van der Waals surface area contributed by atoms with E-state index < -0.39 is 0 Å². The molecule has 1 atom stereocenters. The molecule has 2 nitrogen and oxygen atoms in total. The van der Waals surface area contributed by atoms with Crippen molar-refractivity contribution in [3.8, 4) is 11.5 Å². The molecule has 0 fully saturated rings. The minimum absolute atomic E-state index is 0.302. The average molecular weight is 314 g/mol. The summed E-state index contributed by atoms with van der Waals surface area (Å²) >= 11 is 0. The minimum atomic E-state index is 0.302. The van der Waals surface area contributed by atoms with Crippen LogP contribution in [0.3, 0.4) is 0 Å². The van der Waals surface area contributed by atoms with E-state index in [1.807, 2.05) is 19.1 Å². The highest BCUT2D eigenvalue weighted by Crippen LogP contribution is 2.41. The summed E-state index contributed by atoms with van der Waals surface area (Å²) in [4.78, 5) is 0. The minimum Gasteiger partial charge on any atom is -0.508 e. The first-order valence-corrected chi connectivity index (χ1v) is 8.96. The third kappa shape index (κ3) is 4.89. The topological polar surface area (TPSA) is 29.5 Å². The summed E-state index contributed by atoms with van der Waals surface area (Å²) < 4.78 is 5.83. The van der Waals surface area contributed by atoms with Crippen LogP contribution in [0.15, 0.2) is 36.1 Å². The third-order valence-corrected chi connectivity index (χ3v) is 4.54. The molecule has 0 aliphatic heterocycles. The van der Waals surface area contributed by atoms with Crippen molar-refractivity contribution in [2.75, 3.05) is 0 Å². The van der Waals surface area contributed by atoms with Crippen molar-refractivity contribution in [2.24, 2.45) is 0 Å². The van der Waals surface area contributed by atoms with Crippen LogP contribution >= 0.6 is 0 Å². The molecule has 2 rings (SSSR count). The number of phenolic OH excluding ortho intramolecular Hbond substituents is 1. The van der Waals surface area contributed by atoms with E-state index in [1.54, 1.807) is 12.3 Å². The Kier molecular flexibility index (Phi) is 6.76. The molecule has 1 aromatic rings. The monoisotopic (exact) mass is 314 g/mol. The number of phenols is 1. The Morgan fingerprint density at radius 2 is 2.13 bits per heavy atom. The average Bonchev–Trinajstić information content (AvgIpc) is 2.52. The third-order valence-electron chi connectivity index (χ3n) is 4.54. The maximum atomic E-state index is 10.1. The van der Waals surface area contributed by atoms with Gasteiger partial charge in [-0.2, -0.15) is 0 Å². The van der Waals surface area contributed by atoms with Gasteiger partial charge >= 0.3 is 0 Å². The van der Waals surface area contributed by atoms with Gasteiger partial charge in [0.2, 0.25) is 0 Å². The number of aryl methyl sites for hydroxylation is 1. The van der Waals surface area contributed by atoms with Gasteiger partial charge in [-0.15, -0.1) is 0 Å². The molecule has 126 valence electrons. The predicted molar refractivity (Wildman–Crippen MR) is 97.1 cm³/mol. The fourth-order valence-corrected chi connectivity index (χ4v) is 3.44. The highest BCUT2D eigenvalue weighted by Gasteiger charge is 2.22. The molecule has 0 saturated heterocycles. The van der Waals surface area contributed by atoms with Crippen LogP contribution in [0.5, 0.6) is 11.5 Å². The van der Waals surface area contributed by atoms with Crippen LogP contribution in [-0.2, 0) is 6.42 Å². The van der Waals surface area contributed by atoms with E-state index in [1.165, 1.54) is 42.4 Å². The predicted octanol–water partition coefficient (Wildman–Crippen LogP) is 6.25. The van der Waals surface area contributed by atoms with Gasteiger partial charge in [-0.1, -0.05) is 37.5 Å². The number of hydrogen-bond donors (Lipinski definition) is 1. The summed E-state index contributed by atoms with van der Waals surface area (Å²) in [6.45, 7) is 6.38. The van der Waals surface area contributed by atoms with Crippen LogP contribution in [0.25, 0.3) is 0 Å². The molecule has 1 N–H and O–H groups in total. The van der Waals surface area contributed by atoms with Crippen molar-refractivity contribution in [2.45, 2.75) is 71.6 Å². The zero-order chi connectivity index (χ0) is 16.7. The van der Waals surface area contributed by atoms with E-state index in [4.69, 9.17) is 4.74 Å². The van der Waals surface area contributed by atoms with Crippen molar-refractivity contribution >= 4 is 0 Å². The van der Waals surface area contributed by atoms with Gasteiger partial charge in [0.1, 0.15) is 11.5 Å². The Balaban J connectivity index is 2.41. The van der Waals surface area contributed by atoms with Gasteiger partial charge in [0.15, 0.2) is 0 Å². The Morgan fingerprint density at radius 3 is 2.83 bits per heavy atom. The summed E-state index contributed by atoms with van der Waals surface area (Å²) in [5, 5.41) is 10.1. The Labute approximate surface area is 140 Å². The lowest BCUT2D eigenvalue weighted by molar-refractivity contribution is 0.443. The first-order valence-electron chi connectivity index (χ1n) is 8.96. The van der Waals surface area contributed by atoms with E-state index >= 15 is 0 Å². The Hall–Kier alpha value is -1.70. The molecule has 0 spiro atoms. The van der Waals surface area contributed by atoms with E-state index in [-0.39, 0.29) is 0 Å². The summed E-state index contributed by atoms with van der Waals surface area (Å²) in [5.41, 5.74) is 3.98. The maximum Gasteiger partial charge on any atom is 0.134 e. The number of ether oxygens (including phenoxy) is 1. The largest absolute Gasteiger partial charge is 0.508 e. The van der Waals surface area contributed by atoms with Crippen LogP contribution in [0.4, 0.5) is 0 Å². The standard InChI is InChI=1S/C21H30O2/c1-4-6-7-10-18-14-19(22)15-20(23-12-5-2)21(18)17-11-8-9-16(3)13-17/h5,12-15,17,22H,4,6-11H2,1-3H3/b12-5-/t17-/m0/s1. The molecule has 0 saturated carbocycles. The second-order valence-corrected chi connectivity index (χ2v) is 6.57. The van der Waals surface area contributed by atoms with Crippen molar-refractivity contribution in [1.29, 1.82) is 0 Å². The van der Waals surface area contributed by atoms with Gasteiger partial charge in [0.05, 0.1) is 6.26 Å². The van der Waals surface area contributed by atoms with Gasteiger partial charge < -0.3 is 9.84 Å². The molecule has 1 aliphatic rings. The van der Waals surface area contributed by atoms with Gasteiger partial charge in [-0.3, -0.25) is 0 Å². The fourth-order valence-electron chi connectivity index (χ4n) is 3.44. The van der Waals surface area contributed by atoms with Crippen molar-refractivity contribution in [3.63, 3.8) is 0 Å². The first-order chi connectivity index (χ1) is 11.2. The number of allylic oxidation sites excluding steroid dienone is 3. The lowest BCUT2D eigenvalue weighted by Gasteiger charge is -2.25. The zero-order valence-corrected chi connectivity index (χ0v) is 14.8. The molecule has 0 unspecified atom stereocenters. The number of benzene rings is 1. The quantitative estimate of drug-likeness (QED) is 0.366. The van der Waals surface area contributed by atoms with Gasteiger partial charge in [0.25, 0.3) is 0 Å². The van der Waals surface area contributed by atoms with Crippen LogP contribution in [0.2, 0.25) is 0 Å². The van der Waals surface area contributed by atoms with E-state index in [0.717, 1.165) is 25.0 Å². The lowest BCUT2D eigenvalue weighted by Crippen LogP contribution is -2.08. The maximum absolute atomic E-state index is 10.1. The fraction of sp³-hybridized carbons (Fsp3) is 0.524. The van der Waals surface area contributed by atoms with E-state index in [0.29, 0.717) is 11.7 Å². The molecule has 0 amide bonds. The van der Waals surface area contributed by atoms with Crippen molar-refractivity contribution in [3.05, 3.63) is 47.2 Å². The van der Waals surface area contributed by atoms with Gasteiger partial charge in [0, 0.05) is 17.5 Å². The van der Waals surface area contributed by atoms with E-state index in [9.17, 15) is 5.11 Å². The Bertz CT molecular complexity index is 569. The van der Waals surface area contributed by atoms with Crippen molar-refractivity contribution in [1.82, 2.24) is 0 Å². The van der Waals surface area contributed by atoms with Gasteiger partial charge in [-0.05, 0) is 57.6 Å². The van der Waals surface area contributed by atoms with Gasteiger partial charge in [-0.25, -0.2) is 0 Å². The van der Waals surface area contributed by atoms with Crippen LogP contribution in [-0.4, -0.2) is 5.11 Å². The number of aromatic hydroxyl groups is 1. The summed E-state index contributed by atoms with van der Waals surface area (Å²) in [6, 6.07) is 3.70. The smallest absolute Gasteiger partial charge is 0.134 e. The molecule has 1 aromatic carbocycles. The van der Waals surface area contributed by atoms with E-state index in [2.05, 4.69) is 19.9 Å². The van der Waals surface area contributed by atoms with Crippen LogP contribution in [0.1, 0.15) is 76.3 Å². The summed E-state index contributed by atoms with van der Waals surface area (Å²) in [6.07, 6.45) is 14.2. The lowest BCUT2D eigenvalue weighted by atomic mass is 9.82. The zero-order valence-electron chi connectivity index (χ0n) is 14.8. The number of unbranched alkanes of at least 4 members (excludes halogenated alkanes) is 2. The molecule has 1 aliphatic carbocycles. The SMILES string of the molecule is C/C=C\Oc1cc(O)cc(CCCCC)c1[C@@H]1C=C(C)CCC1. The molecular weight excluding hydrogens is 284 g/mol. The first kappa shape index (κ1) is 17.7. The van der Waals surface area contributed by atoms with Crippen molar-refractivity contribution < 1.29 is 9.84 Å². The Morgan fingerprint density at radius 1 is 1.30 bits per heavy atom. The summed E-state index contributed by atoms with van der Waals surface area (Å²) in [5.74, 6) is 1.52. The number of hydrogen-bond acceptors (Lipinski definition) is 2. The summed E-state index contributed by atoms with van der Waals surface area (Å²) in [7, 11) is 0. The number of rotatable bonds is 7. The van der Waals surface area contributed by atoms with Crippen LogP contribution < -0.4 is 4.74 Å². The normalized spacial score (nSPS) is 18.2. The molecule has 0 heterocycles.